The Balaban J connectivity index is 1.65. The van der Waals surface area contributed by atoms with Crippen molar-refractivity contribution in [3.63, 3.8) is 0 Å². The van der Waals surface area contributed by atoms with E-state index < -0.39 is 0 Å². The van der Waals surface area contributed by atoms with Gasteiger partial charge >= 0.3 is 0 Å². The van der Waals surface area contributed by atoms with Crippen LogP contribution >= 0.6 is 24.0 Å². The molecule has 0 unspecified atom stereocenters. The highest BCUT2D eigenvalue weighted by molar-refractivity contribution is 8.27. The molecule has 1 aliphatic heterocycles. The molecular formula is C23H16N2O2S2. The van der Waals surface area contributed by atoms with Crippen molar-refractivity contribution < 1.29 is 9.21 Å². The molecule has 1 fully saturated rings. The van der Waals surface area contributed by atoms with Gasteiger partial charge in [-0.05, 0) is 49.7 Å². The van der Waals surface area contributed by atoms with Crippen LogP contribution in [0.25, 0.3) is 17.4 Å². The fourth-order valence-corrected chi connectivity index (χ4v) is 4.50. The van der Waals surface area contributed by atoms with E-state index in [2.05, 4.69) is 6.07 Å². The molecule has 3 aromatic rings. The predicted octanol–water partition coefficient (Wildman–Crippen LogP) is 5.84. The minimum atomic E-state index is -0.165. The molecule has 1 aliphatic rings. The van der Waals surface area contributed by atoms with E-state index in [1.807, 2.05) is 50.2 Å². The highest BCUT2D eigenvalue weighted by atomic mass is 32.2. The molecule has 2 heterocycles. The number of thioether (sulfide) groups is 1. The van der Waals surface area contributed by atoms with Crippen molar-refractivity contribution >= 4 is 46.0 Å². The summed E-state index contributed by atoms with van der Waals surface area (Å²) >= 11 is 6.71. The second kappa shape index (κ2) is 7.70. The third-order valence-electron chi connectivity index (χ3n) is 4.60. The molecule has 1 saturated heterocycles. The molecule has 0 atom stereocenters. The second-order valence-electron chi connectivity index (χ2n) is 6.67. The summed E-state index contributed by atoms with van der Waals surface area (Å²) in [6, 6.07) is 18.9. The number of amides is 1. The van der Waals surface area contributed by atoms with Crippen molar-refractivity contribution in [1.29, 1.82) is 5.26 Å². The lowest BCUT2D eigenvalue weighted by atomic mass is 10.1. The quantitative estimate of drug-likeness (QED) is 0.396. The molecule has 0 saturated carbocycles. The van der Waals surface area contributed by atoms with Crippen molar-refractivity contribution in [3.8, 4) is 17.4 Å². The van der Waals surface area contributed by atoms with Crippen LogP contribution in [0.2, 0.25) is 0 Å². The molecule has 6 heteroatoms. The molecule has 29 heavy (non-hydrogen) atoms. The Morgan fingerprint density at radius 2 is 1.93 bits per heavy atom. The van der Waals surface area contributed by atoms with Gasteiger partial charge in [-0.3, -0.25) is 9.69 Å². The highest BCUT2D eigenvalue weighted by Gasteiger charge is 2.34. The molecule has 1 aromatic heterocycles. The van der Waals surface area contributed by atoms with E-state index in [0.29, 0.717) is 26.3 Å². The first-order valence-corrected chi connectivity index (χ1v) is 10.1. The maximum Gasteiger partial charge on any atom is 0.270 e. The van der Waals surface area contributed by atoms with Gasteiger partial charge in [0, 0.05) is 11.6 Å². The van der Waals surface area contributed by atoms with Crippen molar-refractivity contribution in [3.05, 3.63) is 82.0 Å². The summed E-state index contributed by atoms with van der Waals surface area (Å²) in [5.74, 6) is 0.953. The van der Waals surface area contributed by atoms with Gasteiger partial charge in [-0.25, -0.2) is 0 Å². The molecular weight excluding hydrogens is 400 g/mol. The summed E-state index contributed by atoms with van der Waals surface area (Å²) in [5.41, 5.74) is 4.18. The van der Waals surface area contributed by atoms with Crippen LogP contribution in [0.1, 0.15) is 22.5 Å². The Hall–Kier alpha value is -3.14. The number of aryl methyl sites for hydroxylation is 2. The molecule has 0 spiro atoms. The average molecular weight is 417 g/mol. The van der Waals surface area contributed by atoms with Gasteiger partial charge in [0.2, 0.25) is 0 Å². The van der Waals surface area contributed by atoms with E-state index in [1.165, 1.54) is 11.8 Å². The summed E-state index contributed by atoms with van der Waals surface area (Å²) in [5, 5.41) is 9.29. The highest BCUT2D eigenvalue weighted by Crippen LogP contribution is 2.38. The first-order valence-electron chi connectivity index (χ1n) is 8.92. The van der Waals surface area contributed by atoms with E-state index in [1.54, 1.807) is 29.2 Å². The molecule has 2 aromatic carbocycles. The smallest absolute Gasteiger partial charge is 0.270 e. The fraction of sp³-hybridized carbons (Fsp3) is 0.0870. The monoisotopic (exact) mass is 416 g/mol. The molecule has 0 radical (unpaired) electrons. The Labute approximate surface area is 178 Å². The summed E-state index contributed by atoms with van der Waals surface area (Å²) in [4.78, 5) is 15.1. The maximum absolute atomic E-state index is 13.0. The molecule has 142 valence electrons. The van der Waals surface area contributed by atoms with Crippen LogP contribution in [0.3, 0.4) is 0 Å². The minimum Gasteiger partial charge on any atom is -0.457 e. The number of nitrogens with zero attached hydrogens (tertiary/aromatic N) is 2. The lowest BCUT2D eigenvalue weighted by molar-refractivity contribution is -0.113. The summed E-state index contributed by atoms with van der Waals surface area (Å²) in [6.07, 6.45) is 1.70. The number of benzene rings is 2. The van der Waals surface area contributed by atoms with Crippen LogP contribution in [0.4, 0.5) is 5.69 Å². The van der Waals surface area contributed by atoms with Gasteiger partial charge in [0.15, 0.2) is 4.32 Å². The molecule has 0 bridgehead atoms. The van der Waals surface area contributed by atoms with Gasteiger partial charge in [0.05, 0.1) is 22.2 Å². The van der Waals surface area contributed by atoms with E-state index >= 15 is 0 Å². The lowest BCUT2D eigenvalue weighted by Crippen LogP contribution is -2.28. The van der Waals surface area contributed by atoms with Crippen LogP contribution in [0.5, 0.6) is 0 Å². The molecule has 4 nitrogen and oxygen atoms in total. The van der Waals surface area contributed by atoms with Crippen molar-refractivity contribution in [1.82, 2.24) is 0 Å². The number of carbonyl (C=O) groups excluding carboxylic acids is 1. The second-order valence-corrected chi connectivity index (χ2v) is 8.34. The zero-order valence-electron chi connectivity index (χ0n) is 15.8. The molecule has 0 aliphatic carbocycles. The van der Waals surface area contributed by atoms with Crippen LogP contribution in [0, 0.1) is 25.2 Å². The zero-order valence-corrected chi connectivity index (χ0v) is 17.4. The molecule has 1 amide bonds. The van der Waals surface area contributed by atoms with Crippen molar-refractivity contribution in [2.75, 3.05) is 4.90 Å². The maximum atomic E-state index is 13.0. The van der Waals surface area contributed by atoms with Crippen molar-refractivity contribution in [2.24, 2.45) is 0 Å². The Kier molecular flexibility index (Phi) is 5.10. The van der Waals surface area contributed by atoms with E-state index in [4.69, 9.17) is 16.6 Å². The molecule has 0 N–H and O–H groups in total. The van der Waals surface area contributed by atoms with Gasteiger partial charge in [-0.1, -0.05) is 53.8 Å². The van der Waals surface area contributed by atoms with Gasteiger partial charge in [0.25, 0.3) is 5.91 Å². The predicted molar refractivity (Wildman–Crippen MR) is 120 cm³/mol. The van der Waals surface area contributed by atoms with Gasteiger partial charge in [0.1, 0.15) is 11.5 Å². The van der Waals surface area contributed by atoms with E-state index in [-0.39, 0.29) is 5.91 Å². The Bertz CT molecular complexity index is 1220. The van der Waals surface area contributed by atoms with Gasteiger partial charge < -0.3 is 4.42 Å². The SMILES string of the molecule is Cc1ccc(N2C(=O)/C(=C/c3ccc(-c4ccccc4C#N)o3)SC2=S)c(C)c1. The normalized spacial score (nSPS) is 15.2. The zero-order chi connectivity index (χ0) is 20.5. The number of hydrogen-bond donors (Lipinski definition) is 0. The minimum absolute atomic E-state index is 0.165. The summed E-state index contributed by atoms with van der Waals surface area (Å²) < 4.78 is 6.38. The third-order valence-corrected chi connectivity index (χ3v) is 5.90. The van der Waals surface area contributed by atoms with E-state index in [0.717, 1.165) is 22.4 Å². The Morgan fingerprint density at radius 1 is 1.14 bits per heavy atom. The first kappa shape index (κ1) is 19.2. The average Bonchev–Trinajstić information content (AvgIpc) is 3.27. The lowest BCUT2D eigenvalue weighted by Gasteiger charge is -2.17. The van der Waals surface area contributed by atoms with Crippen LogP contribution in [-0.2, 0) is 4.79 Å². The van der Waals surface area contributed by atoms with Gasteiger partial charge in [-0.2, -0.15) is 5.26 Å². The first-order chi connectivity index (χ1) is 14.0. The Morgan fingerprint density at radius 3 is 2.69 bits per heavy atom. The summed E-state index contributed by atoms with van der Waals surface area (Å²) in [7, 11) is 0. The summed E-state index contributed by atoms with van der Waals surface area (Å²) in [6.45, 7) is 3.98. The van der Waals surface area contributed by atoms with E-state index in [9.17, 15) is 10.1 Å². The van der Waals surface area contributed by atoms with Crippen molar-refractivity contribution in [2.45, 2.75) is 13.8 Å². The largest absolute Gasteiger partial charge is 0.457 e. The fourth-order valence-electron chi connectivity index (χ4n) is 3.23. The van der Waals surface area contributed by atoms with Crippen LogP contribution in [0.15, 0.2) is 63.9 Å². The number of rotatable bonds is 3. The number of carbonyl (C=O) groups is 1. The number of thiocarbonyl (C=S) groups is 1. The van der Waals surface area contributed by atoms with Crippen LogP contribution < -0.4 is 4.90 Å². The number of hydrogen-bond acceptors (Lipinski definition) is 5. The molecule has 4 rings (SSSR count). The number of anilines is 1. The van der Waals surface area contributed by atoms with Crippen LogP contribution in [-0.4, -0.2) is 10.2 Å². The topological polar surface area (TPSA) is 57.2 Å². The third kappa shape index (κ3) is 3.63. The standard InChI is InChI=1S/C23H16N2O2S2/c1-14-7-9-19(15(2)11-14)25-22(26)21(29-23(25)28)12-17-8-10-20(27-17)18-6-4-3-5-16(18)13-24/h3-12H,1-2H3/b21-12-. The van der Waals surface area contributed by atoms with Gasteiger partial charge in [-0.15, -0.1) is 0 Å². The number of nitriles is 1. The number of furan rings is 1.